The lowest BCUT2D eigenvalue weighted by molar-refractivity contribution is 0.0665. The normalized spacial score (nSPS) is 13.8. The smallest absolute Gasteiger partial charge is 0.356 e. The molecule has 0 amide bonds. The van der Waals surface area contributed by atoms with E-state index < -0.39 is 11.6 Å². The van der Waals surface area contributed by atoms with E-state index in [1.807, 2.05) is 0 Å². The van der Waals surface area contributed by atoms with Crippen LogP contribution in [0.25, 0.3) is 16.9 Å². The molecule has 1 aromatic heterocycles. The summed E-state index contributed by atoms with van der Waals surface area (Å²) in [5.41, 5.74) is 1.43. The monoisotopic (exact) mass is 413 g/mol. The minimum atomic E-state index is -1.17. The average Bonchev–Trinajstić information content (AvgIpc) is 3.03. The Labute approximate surface area is 170 Å². The highest BCUT2D eigenvalue weighted by molar-refractivity contribution is 6.35. The van der Waals surface area contributed by atoms with Crippen LogP contribution in [0.15, 0.2) is 36.4 Å². The zero-order valence-corrected chi connectivity index (χ0v) is 16.3. The van der Waals surface area contributed by atoms with Crippen LogP contribution in [0.2, 0.25) is 10.0 Å². The summed E-state index contributed by atoms with van der Waals surface area (Å²) < 4.78 is 7.55. The number of ether oxygens (including phenoxy) is 1. The molecule has 1 N–H and O–H groups in total. The molecule has 0 spiro atoms. The van der Waals surface area contributed by atoms with E-state index in [1.165, 1.54) is 4.68 Å². The number of hydrogen-bond acceptors (Lipinski definition) is 4. The molecule has 2 heterocycles. The lowest BCUT2D eigenvalue weighted by atomic mass is 9.88. The average molecular weight is 414 g/mol. The number of aromatic carboxylic acids is 1. The first-order chi connectivity index (χ1) is 13.2. The first-order valence-electron chi connectivity index (χ1n) is 8.28. The van der Waals surface area contributed by atoms with Gasteiger partial charge in [-0.1, -0.05) is 23.2 Å². The number of carboxylic acid groups (broad SMARTS) is 1. The summed E-state index contributed by atoms with van der Waals surface area (Å²) in [6.07, 6.45) is 0. The molecule has 0 atom stereocenters. The van der Waals surface area contributed by atoms with E-state index >= 15 is 0 Å². The van der Waals surface area contributed by atoms with Crippen molar-refractivity contribution in [1.29, 1.82) is 5.26 Å². The predicted octanol–water partition coefficient (Wildman–Crippen LogP) is 5.04. The van der Waals surface area contributed by atoms with Gasteiger partial charge in [0, 0.05) is 10.6 Å². The van der Waals surface area contributed by atoms with Crippen LogP contribution in [0.3, 0.4) is 0 Å². The Morgan fingerprint density at radius 3 is 2.64 bits per heavy atom. The molecule has 1 aliphatic heterocycles. The third-order valence-corrected chi connectivity index (χ3v) is 5.10. The molecule has 0 bridgehead atoms. The summed E-state index contributed by atoms with van der Waals surface area (Å²) in [5, 5.41) is 24.1. The highest BCUT2D eigenvalue weighted by atomic mass is 35.5. The molecular weight excluding hydrogens is 401 g/mol. The van der Waals surface area contributed by atoms with Gasteiger partial charge in [0.1, 0.15) is 11.4 Å². The largest absolute Gasteiger partial charge is 0.482 e. The Bertz CT molecular complexity index is 1190. The highest BCUT2D eigenvalue weighted by Crippen LogP contribution is 2.48. The first kappa shape index (κ1) is 18.4. The Hall–Kier alpha value is -3.01. The van der Waals surface area contributed by atoms with Gasteiger partial charge in [0.05, 0.1) is 33.6 Å². The van der Waals surface area contributed by atoms with E-state index in [0.717, 1.165) is 0 Å². The van der Waals surface area contributed by atoms with Crippen LogP contribution < -0.4 is 4.74 Å². The number of carbonyl (C=O) groups is 1. The van der Waals surface area contributed by atoms with Gasteiger partial charge >= 0.3 is 5.97 Å². The molecule has 0 radical (unpaired) electrons. The van der Waals surface area contributed by atoms with E-state index in [2.05, 4.69) is 11.2 Å². The lowest BCUT2D eigenvalue weighted by Crippen LogP contribution is -2.31. The Morgan fingerprint density at radius 1 is 1.25 bits per heavy atom. The first-order valence-corrected chi connectivity index (χ1v) is 9.04. The maximum atomic E-state index is 11.9. The van der Waals surface area contributed by atoms with Crippen LogP contribution in [0.5, 0.6) is 5.75 Å². The van der Waals surface area contributed by atoms with Crippen molar-refractivity contribution in [3.63, 3.8) is 0 Å². The third-order valence-electron chi connectivity index (χ3n) is 4.56. The van der Waals surface area contributed by atoms with Gasteiger partial charge in [0.15, 0.2) is 5.69 Å². The fraction of sp³-hybridized carbons (Fsp3) is 0.150. The molecule has 0 saturated carbocycles. The zero-order valence-electron chi connectivity index (χ0n) is 14.8. The Morgan fingerprint density at radius 2 is 2.00 bits per heavy atom. The molecule has 3 aromatic rings. The number of rotatable bonds is 2. The quantitative estimate of drug-likeness (QED) is 0.635. The molecule has 8 heteroatoms. The molecule has 6 nitrogen and oxygen atoms in total. The van der Waals surface area contributed by atoms with E-state index in [4.69, 9.17) is 27.9 Å². The summed E-state index contributed by atoms with van der Waals surface area (Å²) in [7, 11) is 0. The fourth-order valence-electron chi connectivity index (χ4n) is 3.41. The summed E-state index contributed by atoms with van der Waals surface area (Å²) in [4.78, 5) is 11.9. The van der Waals surface area contributed by atoms with E-state index in [0.29, 0.717) is 43.9 Å². The van der Waals surface area contributed by atoms with Gasteiger partial charge in [-0.25, -0.2) is 9.48 Å². The second kappa shape index (κ2) is 6.26. The number of halogens is 2. The van der Waals surface area contributed by atoms with Crippen molar-refractivity contribution in [1.82, 2.24) is 9.78 Å². The topological polar surface area (TPSA) is 88.1 Å². The van der Waals surface area contributed by atoms with Gasteiger partial charge < -0.3 is 9.84 Å². The molecular formula is C20H13Cl2N3O3. The fourth-order valence-corrected chi connectivity index (χ4v) is 3.90. The second-order valence-electron chi connectivity index (χ2n) is 6.82. The van der Waals surface area contributed by atoms with E-state index in [-0.39, 0.29) is 5.69 Å². The van der Waals surface area contributed by atoms with Crippen LogP contribution in [0.4, 0.5) is 0 Å². The molecule has 0 aliphatic carbocycles. The number of nitriles is 1. The highest BCUT2D eigenvalue weighted by Gasteiger charge is 2.41. The molecule has 1 aliphatic rings. The van der Waals surface area contributed by atoms with Gasteiger partial charge in [-0.3, -0.25) is 0 Å². The summed E-state index contributed by atoms with van der Waals surface area (Å²) in [6, 6.07) is 12.0. The van der Waals surface area contributed by atoms with Crippen molar-refractivity contribution >= 4 is 29.2 Å². The number of carboxylic acids is 1. The van der Waals surface area contributed by atoms with Crippen molar-refractivity contribution in [2.45, 2.75) is 19.4 Å². The summed E-state index contributed by atoms with van der Waals surface area (Å²) in [5.74, 6) is -0.700. The van der Waals surface area contributed by atoms with Crippen molar-refractivity contribution in [3.05, 3.63) is 63.3 Å². The maximum Gasteiger partial charge on any atom is 0.356 e. The number of benzene rings is 2. The van der Waals surface area contributed by atoms with Gasteiger partial charge in [-0.05, 0) is 50.2 Å². The van der Waals surface area contributed by atoms with Crippen LogP contribution in [0, 0.1) is 11.3 Å². The molecule has 28 heavy (non-hydrogen) atoms. The van der Waals surface area contributed by atoms with Crippen molar-refractivity contribution < 1.29 is 14.6 Å². The SMILES string of the molecule is CC1(C)Oc2cc(C#N)ccc2-c2c1c(C(=O)O)nn2-c1ccc(Cl)cc1Cl. The number of aromatic nitrogens is 2. The summed E-state index contributed by atoms with van der Waals surface area (Å²) >= 11 is 12.4. The van der Waals surface area contributed by atoms with Crippen LogP contribution in [-0.2, 0) is 5.60 Å². The van der Waals surface area contributed by atoms with E-state index in [1.54, 1.807) is 50.2 Å². The summed E-state index contributed by atoms with van der Waals surface area (Å²) in [6.45, 7) is 3.52. The standard InChI is InChI=1S/C20H13Cl2N3O3/c1-20(2)16-17(19(26)27)24-25(14-6-4-11(21)8-13(14)22)18(16)12-5-3-10(9-23)7-15(12)28-20/h3-8H,1-2H3,(H,26,27). The second-order valence-corrected chi connectivity index (χ2v) is 7.66. The van der Waals surface area contributed by atoms with Crippen LogP contribution in [0.1, 0.15) is 35.5 Å². The van der Waals surface area contributed by atoms with Crippen molar-refractivity contribution in [3.8, 4) is 28.8 Å². The molecule has 4 rings (SSSR count). The number of nitrogens with zero attached hydrogens (tertiary/aromatic N) is 3. The van der Waals surface area contributed by atoms with Crippen molar-refractivity contribution in [2.75, 3.05) is 0 Å². The number of hydrogen-bond donors (Lipinski definition) is 1. The van der Waals surface area contributed by atoms with Crippen LogP contribution >= 0.6 is 23.2 Å². The molecule has 140 valence electrons. The van der Waals surface area contributed by atoms with Crippen LogP contribution in [-0.4, -0.2) is 20.9 Å². The van der Waals surface area contributed by atoms with Crippen molar-refractivity contribution in [2.24, 2.45) is 0 Å². The minimum Gasteiger partial charge on any atom is -0.482 e. The third kappa shape index (κ3) is 2.71. The molecule has 2 aromatic carbocycles. The Balaban J connectivity index is 2.11. The zero-order chi connectivity index (χ0) is 20.2. The minimum absolute atomic E-state index is 0.124. The molecule has 0 fully saturated rings. The van der Waals surface area contributed by atoms with Gasteiger partial charge in [0.25, 0.3) is 0 Å². The lowest BCUT2D eigenvalue weighted by Gasteiger charge is -2.33. The van der Waals surface area contributed by atoms with Gasteiger partial charge in [-0.2, -0.15) is 10.4 Å². The maximum absolute atomic E-state index is 11.9. The predicted molar refractivity (Wildman–Crippen MR) is 104 cm³/mol. The Kier molecular flexibility index (Phi) is 4.11. The van der Waals surface area contributed by atoms with Gasteiger partial charge in [-0.15, -0.1) is 0 Å². The molecule has 0 saturated heterocycles. The van der Waals surface area contributed by atoms with E-state index in [9.17, 15) is 15.2 Å². The molecule has 0 unspecified atom stereocenters. The number of fused-ring (bicyclic) bond motifs is 3. The van der Waals surface area contributed by atoms with Gasteiger partial charge in [0.2, 0.25) is 0 Å².